The van der Waals surface area contributed by atoms with Gasteiger partial charge in [-0.2, -0.15) is 0 Å². The molecule has 1 aromatic rings. The molecule has 0 bridgehead atoms. The Balaban J connectivity index is 2.10. The Morgan fingerprint density at radius 1 is 0.615 bits per heavy atom. The topological polar surface area (TPSA) is 42.5 Å². The average molecular weight is 365 g/mol. The summed E-state index contributed by atoms with van der Waals surface area (Å²) in [7, 11) is 0. The van der Waals surface area contributed by atoms with Gasteiger partial charge in [-0.1, -0.05) is 64.5 Å². The van der Waals surface area contributed by atoms with Crippen LogP contribution in [-0.4, -0.2) is 39.4 Å². The number of rotatable bonds is 18. The molecule has 0 aliphatic carbocycles. The van der Waals surface area contributed by atoms with E-state index in [2.05, 4.69) is 24.5 Å². The Hall–Kier alpha value is -1.26. The molecule has 0 aliphatic heterocycles. The highest BCUT2D eigenvalue weighted by molar-refractivity contribution is 5.39. The molecular weight excluding hydrogens is 324 g/mol. The lowest BCUT2D eigenvalue weighted by molar-refractivity contribution is 0.266. The van der Waals surface area contributed by atoms with Crippen LogP contribution >= 0.6 is 0 Å². The fourth-order valence-corrected chi connectivity index (χ4v) is 2.76. The number of benzene rings is 1. The highest BCUT2D eigenvalue weighted by atomic mass is 16.5. The van der Waals surface area contributed by atoms with Gasteiger partial charge in [0.2, 0.25) is 0 Å². The van der Waals surface area contributed by atoms with Gasteiger partial charge in [-0.05, 0) is 38.1 Å². The van der Waals surface area contributed by atoms with Crippen molar-refractivity contribution < 1.29 is 9.47 Å². The van der Waals surface area contributed by atoms with Crippen LogP contribution in [0.15, 0.2) is 24.3 Å². The van der Waals surface area contributed by atoms with Gasteiger partial charge in [-0.15, -0.1) is 0 Å². The largest absolute Gasteiger partial charge is 0.488 e. The minimum atomic E-state index is 0.670. The fourth-order valence-electron chi connectivity index (χ4n) is 2.76. The number of para-hydroxylation sites is 2. The summed E-state index contributed by atoms with van der Waals surface area (Å²) >= 11 is 0. The van der Waals surface area contributed by atoms with E-state index in [0.29, 0.717) is 13.2 Å². The molecule has 4 nitrogen and oxygen atoms in total. The second kappa shape index (κ2) is 17.2. The number of ether oxygens (including phenoxy) is 2. The van der Waals surface area contributed by atoms with Gasteiger partial charge in [0.05, 0.1) is 0 Å². The van der Waals surface area contributed by atoms with E-state index in [1.807, 2.05) is 24.3 Å². The predicted molar refractivity (Wildman–Crippen MR) is 111 cm³/mol. The average Bonchev–Trinajstić information content (AvgIpc) is 2.67. The van der Waals surface area contributed by atoms with Crippen molar-refractivity contribution in [2.75, 3.05) is 39.4 Å². The van der Waals surface area contributed by atoms with Gasteiger partial charge in [0, 0.05) is 13.1 Å². The smallest absolute Gasteiger partial charge is 0.161 e. The zero-order valence-electron chi connectivity index (χ0n) is 17.0. The van der Waals surface area contributed by atoms with E-state index in [1.54, 1.807) is 0 Å². The van der Waals surface area contributed by atoms with E-state index in [4.69, 9.17) is 9.47 Å². The van der Waals surface area contributed by atoms with E-state index >= 15 is 0 Å². The molecule has 0 heterocycles. The molecule has 0 saturated carbocycles. The normalized spacial score (nSPS) is 10.8. The predicted octanol–water partition coefficient (Wildman–Crippen LogP) is 4.78. The van der Waals surface area contributed by atoms with Crippen molar-refractivity contribution in [1.82, 2.24) is 10.6 Å². The quantitative estimate of drug-likeness (QED) is 0.368. The van der Waals surface area contributed by atoms with Gasteiger partial charge >= 0.3 is 0 Å². The summed E-state index contributed by atoms with van der Waals surface area (Å²) in [5, 5.41) is 6.88. The first-order valence-corrected chi connectivity index (χ1v) is 10.6. The summed E-state index contributed by atoms with van der Waals surface area (Å²) in [5.41, 5.74) is 0. The maximum atomic E-state index is 5.88. The summed E-state index contributed by atoms with van der Waals surface area (Å²) in [6.07, 6.45) is 10.4. The highest BCUT2D eigenvalue weighted by Gasteiger charge is 2.03. The SMILES string of the molecule is CCCCCCNCCOc1ccccc1OCCNCCCCCC. The van der Waals surface area contributed by atoms with Crippen molar-refractivity contribution in [3.63, 3.8) is 0 Å². The molecule has 0 radical (unpaired) electrons. The Morgan fingerprint density at radius 3 is 1.50 bits per heavy atom. The number of hydrogen-bond acceptors (Lipinski definition) is 4. The molecule has 0 aromatic heterocycles. The van der Waals surface area contributed by atoms with Crippen molar-refractivity contribution in [3.8, 4) is 11.5 Å². The molecule has 26 heavy (non-hydrogen) atoms. The van der Waals surface area contributed by atoms with Crippen LogP contribution < -0.4 is 20.1 Å². The van der Waals surface area contributed by atoms with Crippen LogP contribution in [0.1, 0.15) is 65.2 Å². The summed E-state index contributed by atoms with van der Waals surface area (Å²) in [6, 6.07) is 7.95. The van der Waals surface area contributed by atoms with Gasteiger partial charge < -0.3 is 20.1 Å². The van der Waals surface area contributed by atoms with E-state index in [-0.39, 0.29) is 0 Å². The molecule has 0 unspecified atom stereocenters. The lowest BCUT2D eigenvalue weighted by Gasteiger charge is -2.13. The van der Waals surface area contributed by atoms with Crippen molar-refractivity contribution in [3.05, 3.63) is 24.3 Å². The first-order valence-electron chi connectivity index (χ1n) is 10.6. The fraction of sp³-hybridized carbons (Fsp3) is 0.727. The van der Waals surface area contributed by atoms with Crippen molar-refractivity contribution in [2.24, 2.45) is 0 Å². The Bertz CT molecular complexity index is 387. The summed E-state index contributed by atoms with van der Waals surface area (Å²) in [4.78, 5) is 0. The van der Waals surface area contributed by atoms with Crippen LogP contribution in [0.4, 0.5) is 0 Å². The van der Waals surface area contributed by atoms with E-state index in [0.717, 1.165) is 37.7 Å². The van der Waals surface area contributed by atoms with Gasteiger partial charge in [0.25, 0.3) is 0 Å². The number of nitrogens with one attached hydrogen (secondary N) is 2. The molecule has 0 amide bonds. The lowest BCUT2D eigenvalue weighted by Crippen LogP contribution is -2.23. The Kier molecular flexibility index (Phi) is 15.0. The minimum absolute atomic E-state index is 0.670. The summed E-state index contributed by atoms with van der Waals surface area (Å²) < 4.78 is 11.8. The van der Waals surface area contributed by atoms with Crippen molar-refractivity contribution in [2.45, 2.75) is 65.2 Å². The Labute approximate surface area is 161 Å². The van der Waals surface area contributed by atoms with Gasteiger partial charge in [0.15, 0.2) is 11.5 Å². The summed E-state index contributed by atoms with van der Waals surface area (Å²) in [5.74, 6) is 1.67. The van der Waals surface area contributed by atoms with Crippen LogP contribution in [-0.2, 0) is 0 Å². The van der Waals surface area contributed by atoms with Crippen LogP contribution in [0.25, 0.3) is 0 Å². The van der Waals surface area contributed by atoms with Crippen molar-refractivity contribution in [1.29, 1.82) is 0 Å². The monoisotopic (exact) mass is 364 g/mol. The van der Waals surface area contributed by atoms with Crippen LogP contribution in [0.3, 0.4) is 0 Å². The zero-order valence-corrected chi connectivity index (χ0v) is 17.0. The van der Waals surface area contributed by atoms with Crippen LogP contribution in [0.2, 0.25) is 0 Å². The van der Waals surface area contributed by atoms with Crippen LogP contribution in [0.5, 0.6) is 11.5 Å². The molecule has 1 rings (SSSR count). The second-order valence-corrected chi connectivity index (χ2v) is 6.76. The van der Waals surface area contributed by atoms with Gasteiger partial charge in [-0.3, -0.25) is 0 Å². The first-order chi connectivity index (χ1) is 12.9. The molecule has 150 valence electrons. The standard InChI is InChI=1S/C22H40N2O2/c1-3-5-7-11-15-23-17-19-25-21-13-9-10-14-22(21)26-20-18-24-16-12-8-6-4-2/h9-10,13-14,23-24H,3-8,11-12,15-20H2,1-2H3. The first kappa shape index (κ1) is 22.8. The number of hydrogen-bond donors (Lipinski definition) is 2. The maximum Gasteiger partial charge on any atom is 0.161 e. The molecule has 0 atom stereocenters. The number of unbranched alkanes of at least 4 members (excludes halogenated alkanes) is 6. The third kappa shape index (κ3) is 12.2. The molecule has 1 aromatic carbocycles. The highest BCUT2D eigenvalue weighted by Crippen LogP contribution is 2.26. The zero-order chi connectivity index (χ0) is 18.7. The molecule has 0 spiro atoms. The van der Waals surface area contributed by atoms with Crippen molar-refractivity contribution >= 4 is 0 Å². The van der Waals surface area contributed by atoms with E-state index in [9.17, 15) is 0 Å². The molecule has 2 N–H and O–H groups in total. The molecular formula is C22H40N2O2. The third-order valence-corrected chi connectivity index (χ3v) is 4.34. The molecule has 0 fully saturated rings. The van der Waals surface area contributed by atoms with Gasteiger partial charge in [-0.25, -0.2) is 0 Å². The van der Waals surface area contributed by atoms with Crippen LogP contribution in [0, 0.1) is 0 Å². The summed E-state index contributed by atoms with van der Waals surface area (Å²) in [6.45, 7) is 9.72. The lowest BCUT2D eigenvalue weighted by atomic mass is 10.2. The van der Waals surface area contributed by atoms with Gasteiger partial charge in [0.1, 0.15) is 13.2 Å². The molecule has 0 saturated heterocycles. The Morgan fingerprint density at radius 2 is 1.08 bits per heavy atom. The van der Waals surface area contributed by atoms with E-state index < -0.39 is 0 Å². The maximum absolute atomic E-state index is 5.88. The second-order valence-electron chi connectivity index (χ2n) is 6.76. The minimum Gasteiger partial charge on any atom is -0.488 e. The van der Waals surface area contributed by atoms with E-state index in [1.165, 1.54) is 51.4 Å². The molecule has 0 aliphatic rings. The molecule has 4 heteroatoms. The third-order valence-electron chi connectivity index (χ3n) is 4.34.